The van der Waals surface area contributed by atoms with Crippen molar-refractivity contribution in [2.75, 3.05) is 4.90 Å². The zero-order valence-corrected chi connectivity index (χ0v) is 26.0. The second kappa shape index (κ2) is 13.5. The Bertz CT molecular complexity index is 1320. The minimum atomic E-state index is -0.560. The quantitative estimate of drug-likeness (QED) is 0.187. The van der Waals surface area contributed by atoms with Gasteiger partial charge in [0.15, 0.2) is 0 Å². The largest absolute Gasteiger partial charge is 0.366 e. The lowest BCUT2D eigenvalue weighted by atomic mass is 10.1. The standard InChI is InChI=1S/C34H44N6O2/c1-21(2)38(22(3)4)31(35)25-13-17-29(18-14-25)40(34(42)28-11-9-27(10-12-28)33(37)41)30-19-15-26(16-20-30)32(36)39(23(5)6)24(7)8/h9-24,35-36H,1-8H3,(H2,37,41). The molecule has 0 saturated heterocycles. The normalized spacial score (nSPS) is 11.2. The number of nitrogens with one attached hydrogen (secondary N) is 2. The molecule has 0 radical (unpaired) electrons. The molecule has 42 heavy (non-hydrogen) atoms. The Morgan fingerprint density at radius 3 is 1.10 bits per heavy atom. The molecule has 0 bridgehead atoms. The van der Waals surface area contributed by atoms with Gasteiger partial charge in [-0.15, -0.1) is 0 Å². The molecule has 8 heteroatoms. The molecule has 3 aromatic rings. The lowest BCUT2D eigenvalue weighted by molar-refractivity contribution is 0.0988. The van der Waals surface area contributed by atoms with Crippen molar-refractivity contribution in [3.05, 3.63) is 95.1 Å². The topological polar surface area (TPSA) is 118 Å². The fourth-order valence-corrected chi connectivity index (χ4v) is 5.35. The number of nitrogens with zero attached hydrogens (tertiary/aromatic N) is 3. The van der Waals surface area contributed by atoms with Crippen LogP contribution in [0.5, 0.6) is 0 Å². The van der Waals surface area contributed by atoms with Gasteiger partial charge in [0, 0.05) is 57.8 Å². The summed E-state index contributed by atoms with van der Waals surface area (Å²) in [4.78, 5) is 31.2. The van der Waals surface area contributed by atoms with Crippen LogP contribution in [0.4, 0.5) is 11.4 Å². The van der Waals surface area contributed by atoms with Gasteiger partial charge in [-0.25, -0.2) is 0 Å². The highest BCUT2D eigenvalue weighted by Gasteiger charge is 2.24. The van der Waals surface area contributed by atoms with E-state index in [1.807, 2.05) is 58.3 Å². The molecule has 0 atom stereocenters. The lowest BCUT2D eigenvalue weighted by Gasteiger charge is -2.33. The molecule has 0 saturated carbocycles. The van der Waals surface area contributed by atoms with Crippen molar-refractivity contribution in [3.8, 4) is 0 Å². The molecule has 4 N–H and O–H groups in total. The van der Waals surface area contributed by atoms with Gasteiger partial charge >= 0.3 is 0 Å². The van der Waals surface area contributed by atoms with Crippen LogP contribution in [0.3, 0.4) is 0 Å². The molecule has 222 valence electrons. The van der Waals surface area contributed by atoms with Crippen LogP contribution in [0.2, 0.25) is 0 Å². The van der Waals surface area contributed by atoms with E-state index in [4.69, 9.17) is 16.6 Å². The lowest BCUT2D eigenvalue weighted by Crippen LogP contribution is -2.42. The van der Waals surface area contributed by atoms with Gasteiger partial charge in [0.05, 0.1) is 0 Å². The van der Waals surface area contributed by atoms with Crippen molar-refractivity contribution in [1.29, 1.82) is 10.8 Å². The van der Waals surface area contributed by atoms with Gasteiger partial charge in [0.25, 0.3) is 5.91 Å². The maximum Gasteiger partial charge on any atom is 0.262 e. The molecule has 3 rings (SSSR count). The van der Waals surface area contributed by atoms with Crippen LogP contribution in [0.1, 0.15) is 87.2 Å². The first-order valence-electron chi connectivity index (χ1n) is 14.4. The number of carbonyl (C=O) groups excluding carboxylic acids is 2. The minimum absolute atomic E-state index is 0.165. The van der Waals surface area contributed by atoms with Gasteiger partial charge in [-0.3, -0.25) is 25.3 Å². The number of hydrogen-bond donors (Lipinski definition) is 3. The molecule has 0 spiro atoms. The van der Waals surface area contributed by atoms with Crippen molar-refractivity contribution >= 4 is 34.9 Å². The Kier molecular flexibility index (Phi) is 10.3. The average Bonchev–Trinajstić information content (AvgIpc) is 2.93. The van der Waals surface area contributed by atoms with E-state index in [1.165, 1.54) is 0 Å². The second-order valence-electron chi connectivity index (χ2n) is 11.6. The second-order valence-corrected chi connectivity index (χ2v) is 11.6. The molecule has 0 aliphatic rings. The van der Waals surface area contributed by atoms with Gasteiger partial charge < -0.3 is 15.5 Å². The number of amidine groups is 2. The number of hydrogen-bond acceptors (Lipinski definition) is 4. The van der Waals surface area contributed by atoms with Gasteiger partial charge in [0.2, 0.25) is 5.91 Å². The van der Waals surface area contributed by atoms with Crippen molar-refractivity contribution in [3.63, 3.8) is 0 Å². The van der Waals surface area contributed by atoms with Crippen LogP contribution >= 0.6 is 0 Å². The van der Waals surface area contributed by atoms with Crippen molar-refractivity contribution < 1.29 is 9.59 Å². The van der Waals surface area contributed by atoms with Gasteiger partial charge in [0.1, 0.15) is 11.7 Å². The molecule has 0 heterocycles. The zero-order valence-electron chi connectivity index (χ0n) is 26.0. The molecule has 3 aromatic carbocycles. The van der Waals surface area contributed by atoms with Crippen LogP contribution in [0, 0.1) is 10.8 Å². The summed E-state index contributed by atoms with van der Waals surface area (Å²) in [7, 11) is 0. The smallest absolute Gasteiger partial charge is 0.262 e. The summed E-state index contributed by atoms with van der Waals surface area (Å²) in [6.45, 7) is 16.5. The molecule has 0 aromatic heterocycles. The highest BCUT2D eigenvalue weighted by Crippen LogP contribution is 2.29. The highest BCUT2D eigenvalue weighted by molar-refractivity contribution is 6.11. The van der Waals surface area contributed by atoms with E-state index in [-0.39, 0.29) is 30.1 Å². The predicted octanol–water partition coefficient (Wildman–Crippen LogP) is 6.65. The molecular formula is C34H44N6O2. The molecule has 2 amide bonds. The van der Waals surface area contributed by atoms with Crippen LogP contribution in [0.25, 0.3) is 0 Å². The third-order valence-electron chi connectivity index (χ3n) is 7.16. The molecular weight excluding hydrogens is 524 g/mol. The molecule has 8 nitrogen and oxygen atoms in total. The fourth-order valence-electron chi connectivity index (χ4n) is 5.35. The summed E-state index contributed by atoms with van der Waals surface area (Å²) in [6, 6.07) is 21.7. The first-order valence-corrected chi connectivity index (χ1v) is 14.4. The number of benzene rings is 3. The Hall–Kier alpha value is -4.46. The van der Waals surface area contributed by atoms with Gasteiger partial charge in [-0.1, -0.05) is 0 Å². The summed E-state index contributed by atoms with van der Waals surface area (Å²) < 4.78 is 0. The first-order chi connectivity index (χ1) is 19.7. The van der Waals surface area contributed by atoms with E-state index in [1.54, 1.807) is 29.2 Å². The summed E-state index contributed by atoms with van der Waals surface area (Å²) >= 11 is 0. The Morgan fingerprint density at radius 2 is 0.810 bits per heavy atom. The van der Waals surface area contributed by atoms with E-state index < -0.39 is 5.91 Å². The maximum absolute atomic E-state index is 13.9. The SMILES string of the molecule is CC(C)N(C(=N)c1ccc(N(C(=O)c2ccc(C(N)=O)cc2)c2ccc(C(=N)N(C(C)C)C(C)C)cc2)cc1)C(C)C. The summed E-state index contributed by atoms with van der Waals surface area (Å²) in [5.74, 6) is 0.00707. The maximum atomic E-state index is 13.9. The van der Waals surface area contributed by atoms with Crippen molar-refractivity contribution in [2.24, 2.45) is 5.73 Å². The van der Waals surface area contributed by atoms with Crippen LogP contribution < -0.4 is 10.6 Å². The summed E-state index contributed by atoms with van der Waals surface area (Å²) in [6.07, 6.45) is 0. The van der Waals surface area contributed by atoms with E-state index in [0.717, 1.165) is 11.1 Å². The third-order valence-corrected chi connectivity index (χ3v) is 7.16. The summed E-state index contributed by atoms with van der Waals surface area (Å²) in [5, 5.41) is 17.6. The zero-order chi connectivity index (χ0) is 31.3. The molecule has 0 aliphatic heterocycles. The average molecular weight is 569 g/mol. The van der Waals surface area contributed by atoms with E-state index in [0.29, 0.717) is 34.2 Å². The fraction of sp³-hybridized carbons (Fsp3) is 0.353. The predicted molar refractivity (Wildman–Crippen MR) is 172 cm³/mol. The monoisotopic (exact) mass is 568 g/mol. The number of nitrogens with two attached hydrogens (primary N) is 1. The highest BCUT2D eigenvalue weighted by atomic mass is 16.2. The van der Waals surface area contributed by atoms with Crippen LogP contribution in [-0.2, 0) is 0 Å². The number of carbonyl (C=O) groups is 2. The van der Waals surface area contributed by atoms with Gasteiger partial charge in [-0.2, -0.15) is 0 Å². The third kappa shape index (κ3) is 7.05. The molecule has 0 aliphatic carbocycles. The minimum Gasteiger partial charge on any atom is -0.366 e. The number of anilines is 2. The van der Waals surface area contributed by atoms with E-state index >= 15 is 0 Å². The van der Waals surface area contributed by atoms with Crippen molar-refractivity contribution in [2.45, 2.75) is 79.6 Å². The number of primary amides is 1. The summed E-state index contributed by atoms with van der Waals surface area (Å²) in [5.41, 5.74) is 8.89. The van der Waals surface area contributed by atoms with Gasteiger partial charge in [-0.05, 0) is 128 Å². The Labute approximate surface area is 250 Å². The van der Waals surface area contributed by atoms with Crippen LogP contribution in [-0.4, -0.2) is 57.5 Å². The van der Waals surface area contributed by atoms with E-state index in [2.05, 4.69) is 55.4 Å². The molecule has 0 fully saturated rings. The van der Waals surface area contributed by atoms with Crippen molar-refractivity contribution in [1.82, 2.24) is 9.80 Å². The van der Waals surface area contributed by atoms with Crippen LogP contribution in [0.15, 0.2) is 72.8 Å². The number of rotatable bonds is 10. The Morgan fingerprint density at radius 1 is 0.524 bits per heavy atom. The molecule has 0 unspecified atom stereocenters. The Balaban J connectivity index is 2.05. The first kappa shape index (κ1) is 32.1. The van der Waals surface area contributed by atoms with E-state index in [9.17, 15) is 9.59 Å². The number of amides is 2.